The average Bonchev–Trinajstić information content (AvgIpc) is 3.15. The van der Waals surface area contributed by atoms with Gasteiger partial charge >= 0.3 is 0 Å². The van der Waals surface area contributed by atoms with E-state index in [9.17, 15) is 4.79 Å². The molecule has 1 aromatic carbocycles. The van der Waals surface area contributed by atoms with E-state index in [1.807, 2.05) is 24.3 Å². The van der Waals surface area contributed by atoms with Crippen LogP contribution in [0.2, 0.25) is 0 Å². The van der Waals surface area contributed by atoms with Crippen LogP contribution in [-0.2, 0) is 0 Å². The zero-order valence-electron chi connectivity index (χ0n) is 18.8. The second kappa shape index (κ2) is 9.34. The van der Waals surface area contributed by atoms with Gasteiger partial charge in [0.05, 0.1) is 16.9 Å². The summed E-state index contributed by atoms with van der Waals surface area (Å²) in [6, 6.07) is 9.84. The molecule has 1 aliphatic heterocycles. The number of pyridine rings is 1. The maximum atomic E-state index is 12.8. The van der Waals surface area contributed by atoms with Crippen LogP contribution in [0.4, 0.5) is 17.3 Å². The molecule has 3 heterocycles. The maximum Gasteiger partial charge on any atom is 0.258 e. The Morgan fingerprint density at radius 1 is 1.16 bits per heavy atom. The lowest BCUT2D eigenvalue weighted by Gasteiger charge is -2.25. The zero-order valence-corrected chi connectivity index (χ0v) is 18.8. The van der Waals surface area contributed by atoms with E-state index in [4.69, 9.17) is 5.73 Å². The first-order valence-electron chi connectivity index (χ1n) is 11.1. The van der Waals surface area contributed by atoms with Crippen molar-refractivity contribution < 1.29 is 4.79 Å². The number of nitrogens with zero attached hydrogens (tertiary/aromatic N) is 4. The standard InChI is InChI=1S/C25H30N6O/c1-16(2)10-21-11-17(3)15-31(21)25-28-13-20(14-29-25)24(32)30-23-12-19(4-5-22(23)26)18-6-8-27-9-7-18/h4-9,12-14,16-17,21H,10-11,15,26H2,1-3H3,(H,30,32)/t17?,21-/m1/s1. The third-order valence-corrected chi connectivity index (χ3v) is 5.84. The highest BCUT2D eigenvalue weighted by molar-refractivity contribution is 6.05. The van der Waals surface area contributed by atoms with Gasteiger partial charge in [0.15, 0.2) is 0 Å². The van der Waals surface area contributed by atoms with E-state index in [1.54, 1.807) is 30.9 Å². The molecule has 1 fully saturated rings. The molecule has 166 valence electrons. The molecule has 0 bridgehead atoms. The predicted molar refractivity (Wildman–Crippen MR) is 128 cm³/mol. The molecule has 7 heteroatoms. The lowest BCUT2D eigenvalue weighted by molar-refractivity contribution is 0.102. The monoisotopic (exact) mass is 430 g/mol. The van der Waals surface area contributed by atoms with Crippen LogP contribution < -0.4 is 16.0 Å². The number of anilines is 3. The van der Waals surface area contributed by atoms with Gasteiger partial charge in [-0.15, -0.1) is 0 Å². The number of nitrogen functional groups attached to an aromatic ring is 1. The molecule has 7 nitrogen and oxygen atoms in total. The second-order valence-corrected chi connectivity index (χ2v) is 9.04. The van der Waals surface area contributed by atoms with E-state index in [0.29, 0.717) is 40.8 Å². The minimum absolute atomic E-state index is 0.288. The van der Waals surface area contributed by atoms with Gasteiger partial charge in [-0.05, 0) is 60.1 Å². The topological polar surface area (TPSA) is 97.0 Å². The highest BCUT2D eigenvalue weighted by Crippen LogP contribution is 2.30. The van der Waals surface area contributed by atoms with E-state index < -0.39 is 0 Å². The Morgan fingerprint density at radius 3 is 2.56 bits per heavy atom. The van der Waals surface area contributed by atoms with Crippen LogP contribution >= 0.6 is 0 Å². The summed E-state index contributed by atoms with van der Waals surface area (Å²) >= 11 is 0. The van der Waals surface area contributed by atoms with Crippen molar-refractivity contribution in [2.75, 3.05) is 22.5 Å². The van der Waals surface area contributed by atoms with Crippen LogP contribution in [0.3, 0.4) is 0 Å². The van der Waals surface area contributed by atoms with Crippen LogP contribution in [0.5, 0.6) is 0 Å². The van der Waals surface area contributed by atoms with Gasteiger partial charge in [-0.1, -0.05) is 26.8 Å². The molecule has 2 aromatic heterocycles. The number of rotatable bonds is 6. The molecular weight excluding hydrogens is 400 g/mol. The Balaban J connectivity index is 1.49. The SMILES string of the molecule is CC(C)C[C@@H]1CC(C)CN1c1ncc(C(=O)Nc2cc(-c3ccncc3)ccc2N)cn1. The summed E-state index contributed by atoms with van der Waals surface area (Å²) in [5.74, 6) is 1.63. The molecule has 1 aliphatic rings. The lowest BCUT2D eigenvalue weighted by Crippen LogP contribution is -2.32. The van der Waals surface area contributed by atoms with Gasteiger partial charge in [-0.25, -0.2) is 9.97 Å². The molecule has 2 atom stereocenters. The summed E-state index contributed by atoms with van der Waals surface area (Å²) in [5, 5.41) is 2.89. The first kappa shape index (κ1) is 21.7. The number of hydrogen-bond donors (Lipinski definition) is 2. The minimum Gasteiger partial charge on any atom is -0.397 e. The van der Waals surface area contributed by atoms with Crippen molar-refractivity contribution >= 4 is 23.2 Å². The van der Waals surface area contributed by atoms with Crippen molar-refractivity contribution in [3.8, 4) is 11.1 Å². The average molecular weight is 431 g/mol. The van der Waals surface area contributed by atoms with Crippen molar-refractivity contribution in [1.29, 1.82) is 0 Å². The molecule has 0 saturated carbocycles. The van der Waals surface area contributed by atoms with E-state index in [0.717, 1.165) is 30.5 Å². The number of aromatic nitrogens is 3. The minimum atomic E-state index is -0.288. The molecule has 1 amide bonds. The number of amides is 1. The fraction of sp³-hybridized carbons (Fsp3) is 0.360. The lowest BCUT2D eigenvalue weighted by atomic mass is 9.99. The number of benzene rings is 1. The van der Waals surface area contributed by atoms with Crippen molar-refractivity contribution in [3.05, 3.63) is 60.7 Å². The Morgan fingerprint density at radius 2 is 1.88 bits per heavy atom. The van der Waals surface area contributed by atoms with Crippen LogP contribution in [0.1, 0.15) is 44.0 Å². The fourth-order valence-corrected chi connectivity index (χ4v) is 4.33. The number of nitrogens with one attached hydrogen (secondary N) is 1. The van der Waals surface area contributed by atoms with Gasteiger partial charge in [0, 0.05) is 37.4 Å². The van der Waals surface area contributed by atoms with Crippen molar-refractivity contribution in [2.45, 2.75) is 39.7 Å². The predicted octanol–water partition coefficient (Wildman–Crippen LogP) is 4.63. The van der Waals surface area contributed by atoms with Gasteiger partial charge in [-0.3, -0.25) is 9.78 Å². The third-order valence-electron chi connectivity index (χ3n) is 5.84. The van der Waals surface area contributed by atoms with Gasteiger partial charge in [0.25, 0.3) is 5.91 Å². The smallest absolute Gasteiger partial charge is 0.258 e. The summed E-state index contributed by atoms with van der Waals surface area (Å²) in [6.07, 6.45) is 8.91. The number of carbonyl (C=O) groups is 1. The highest BCUT2D eigenvalue weighted by Gasteiger charge is 2.31. The molecule has 0 radical (unpaired) electrons. The summed E-state index contributed by atoms with van der Waals surface area (Å²) in [7, 11) is 0. The third kappa shape index (κ3) is 4.88. The fourth-order valence-electron chi connectivity index (χ4n) is 4.33. The highest BCUT2D eigenvalue weighted by atomic mass is 16.1. The maximum absolute atomic E-state index is 12.8. The van der Waals surface area contributed by atoms with Crippen LogP contribution in [-0.4, -0.2) is 33.4 Å². The largest absolute Gasteiger partial charge is 0.397 e. The summed E-state index contributed by atoms with van der Waals surface area (Å²) in [6.45, 7) is 7.69. The van der Waals surface area contributed by atoms with Crippen molar-refractivity contribution in [3.63, 3.8) is 0 Å². The van der Waals surface area contributed by atoms with Gasteiger partial charge < -0.3 is 16.0 Å². The number of carbonyl (C=O) groups excluding carboxylic acids is 1. The normalized spacial score (nSPS) is 18.2. The Labute approximate surface area is 189 Å². The summed E-state index contributed by atoms with van der Waals surface area (Å²) in [4.78, 5) is 28.2. The molecule has 0 spiro atoms. The van der Waals surface area contributed by atoms with Gasteiger partial charge in [0.1, 0.15) is 0 Å². The number of hydrogen-bond acceptors (Lipinski definition) is 6. The van der Waals surface area contributed by atoms with Crippen molar-refractivity contribution in [1.82, 2.24) is 15.0 Å². The van der Waals surface area contributed by atoms with E-state index >= 15 is 0 Å². The van der Waals surface area contributed by atoms with Gasteiger partial charge in [0.2, 0.25) is 5.95 Å². The molecule has 32 heavy (non-hydrogen) atoms. The van der Waals surface area contributed by atoms with Crippen molar-refractivity contribution in [2.24, 2.45) is 11.8 Å². The Hall–Kier alpha value is -3.48. The second-order valence-electron chi connectivity index (χ2n) is 9.04. The molecule has 0 aliphatic carbocycles. The molecule has 1 saturated heterocycles. The Bertz CT molecular complexity index is 1070. The van der Waals surface area contributed by atoms with Gasteiger partial charge in [-0.2, -0.15) is 0 Å². The molecule has 3 aromatic rings. The van der Waals surface area contributed by atoms with Crippen LogP contribution in [0.15, 0.2) is 55.1 Å². The van der Waals surface area contributed by atoms with E-state index in [2.05, 4.69) is 45.9 Å². The molecule has 4 rings (SSSR count). The molecule has 3 N–H and O–H groups in total. The quantitative estimate of drug-likeness (QED) is 0.553. The Kier molecular flexibility index (Phi) is 6.35. The summed E-state index contributed by atoms with van der Waals surface area (Å²) in [5.41, 5.74) is 9.50. The van der Waals surface area contributed by atoms with Crippen LogP contribution in [0, 0.1) is 11.8 Å². The zero-order chi connectivity index (χ0) is 22.7. The first-order chi connectivity index (χ1) is 15.4. The van der Waals surface area contributed by atoms with E-state index in [-0.39, 0.29) is 5.91 Å². The first-order valence-corrected chi connectivity index (χ1v) is 11.1. The number of nitrogens with two attached hydrogens (primary N) is 1. The molecular formula is C25H30N6O. The molecule has 1 unspecified atom stereocenters. The van der Waals surface area contributed by atoms with Crippen LogP contribution in [0.25, 0.3) is 11.1 Å². The van der Waals surface area contributed by atoms with E-state index in [1.165, 1.54) is 0 Å². The summed E-state index contributed by atoms with van der Waals surface area (Å²) < 4.78 is 0.